The van der Waals surface area contributed by atoms with E-state index in [-0.39, 0.29) is 23.0 Å². The van der Waals surface area contributed by atoms with Gasteiger partial charge in [0.1, 0.15) is 11.4 Å². The van der Waals surface area contributed by atoms with Crippen molar-refractivity contribution in [2.24, 2.45) is 5.92 Å². The van der Waals surface area contributed by atoms with Crippen LogP contribution in [-0.4, -0.2) is 53.3 Å². The van der Waals surface area contributed by atoms with Gasteiger partial charge in [0.05, 0.1) is 11.2 Å². The Morgan fingerprint density at radius 3 is 2.67 bits per heavy atom. The Morgan fingerprint density at radius 1 is 1.19 bits per heavy atom. The van der Waals surface area contributed by atoms with Crippen molar-refractivity contribution >= 4 is 22.6 Å². The van der Waals surface area contributed by atoms with E-state index in [1.165, 1.54) is 12.3 Å². The van der Waals surface area contributed by atoms with Crippen LogP contribution in [0, 0.1) is 11.7 Å². The lowest BCUT2D eigenvalue weighted by Crippen LogP contribution is -2.40. The summed E-state index contributed by atoms with van der Waals surface area (Å²) in [5.74, 6) is -1.18. The highest BCUT2D eigenvalue weighted by Crippen LogP contribution is 2.40. The fourth-order valence-corrected chi connectivity index (χ4v) is 4.88. The molecule has 0 radical (unpaired) electrons. The second kappa shape index (κ2) is 5.79. The molecule has 0 spiro atoms. The number of anilines is 1. The van der Waals surface area contributed by atoms with Crippen LogP contribution in [0.25, 0.3) is 10.9 Å². The molecular weight excluding hydrogens is 349 g/mol. The Bertz CT molecular complexity index is 1010. The number of carbonyl (C=O) groups is 1. The van der Waals surface area contributed by atoms with Crippen molar-refractivity contribution in [2.45, 2.75) is 31.3 Å². The molecule has 2 unspecified atom stereocenters. The predicted octanol–water partition coefficient (Wildman–Crippen LogP) is 2.31. The van der Waals surface area contributed by atoms with Gasteiger partial charge in [-0.1, -0.05) is 0 Å². The number of likely N-dealkylation sites (tertiary alicyclic amines) is 1. The molecule has 1 aliphatic carbocycles. The number of halogens is 1. The van der Waals surface area contributed by atoms with E-state index in [0.717, 1.165) is 38.9 Å². The smallest absolute Gasteiger partial charge is 0.341 e. The molecule has 1 aromatic heterocycles. The standard InChI is InChI=1S/C20H22FN3O3/c1-22-7-11-4-13(9-22)23(8-11)18-6-17-14(5-16(18)21)19(25)15(20(26)27)10-24(17)12-2-3-12/h5-6,10-13H,2-4,7-9H2,1H3,(H,26,27). The van der Waals surface area contributed by atoms with Crippen LogP contribution in [0.4, 0.5) is 10.1 Å². The molecule has 6 nitrogen and oxygen atoms in total. The Hall–Kier alpha value is -2.41. The number of hydrogen-bond donors (Lipinski definition) is 1. The number of fused-ring (bicyclic) bond motifs is 3. The molecule has 2 bridgehead atoms. The van der Waals surface area contributed by atoms with Gasteiger partial charge in [-0.3, -0.25) is 4.79 Å². The highest BCUT2D eigenvalue weighted by Gasteiger charge is 2.38. The van der Waals surface area contributed by atoms with Gasteiger partial charge in [-0.15, -0.1) is 0 Å². The fourth-order valence-electron chi connectivity index (χ4n) is 4.88. The van der Waals surface area contributed by atoms with Crippen molar-refractivity contribution in [3.8, 4) is 0 Å². The van der Waals surface area contributed by atoms with Crippen LogP contribution in [-0.2, 0) is 0 Å². The zero-order valence-electron chi connectivity index (χ0n) is 15.2. The number of piperidine rings is 1. The number of pyridine rings is 1. The lowest BCUT2D eigenvalue weighted by molar-refractivity contribution is 0.0695. The Morgan fingerprint density at radius 2 is 1.96 bits per heavy atom. The summed E-state index contributed by atoms with van der Waals surface area (Å²) in [5, 5.41) is 9.51. The lowest BCUT2D eigenvalue weighted by atomic mass is 10.0. The van der Waals surface area contributed by atoms with Crippen LogP contribution in [0.3, 0.4) is 0 Å². The molecule has 142 valence electrons. The largest absolute Gasteiger partial charge is 0.477 e. The second-order valence-electron chi connectivity index (χ2n) is 8.27. The molecule has 1 aromatic carbocycles. The van der Waals surface area contributed by atoms with Gasteiger partial charge in [0.2, 0.25) is 5.43 Å². The molecule has 0 amide bonds. The summed E-state index contributed by atoms with van der Waals surface area (Å²) in [6, 6.07) is 3.47. The van der Waals surface area contributed by atoms with Crippen molar-refractivity contribution in [1.29, 1.82) is 0 Å². The molecule has 2 aliphatic heterocycles. The van der Waals surface area contributed by atoms with Gasteiger partial charge < -0.3 is 19.5 Å². The summed E-state index contributed by atoms with van der Waals surface area (Å²) in [6.07, 6.45) is 4.39. The number of carboxylic acid groups (broad SMARTS) is 1. The number of rotatable bonds is 3. The normalized spacial score (nSPS) is 25.3. The minimum atomic E-state index is -1.27. The van der Waals surface area contributed by atoms with E-state index in [4.69, 9.17) is 0 Å². The minimum absolute atomic E-state index is 0.155. The first-order chi connectivity index (χ1) is 12.9. The van der Waals surface area contributed by atoms with Crippen LogP contribution in [0.2, 0.25) is 0 Å². The highest BCUT2D eigenvalue weighted by atomic mass is 19.1. The zero-order valence-corrected chi connectivity index (χ0v) is 15.2. The second-order valence-corrected chi connectivity index (χ2v) is 8.27. The van der Waals surface area contributed by atoms with E-state index >= 15 is 4.39 Å². The summed E-state index contributed by atoms with van der Waals surface area (Å²) >= 11 is 0. The van der Waals surface area contributed by atoms with Crippen molar-refractivity contribution in [3.05, 3.63) is 39.9 Å². The lowest BCUT2D eigenvalue weighted by Gasteiger charge is -2.31. The van der Waals surface area contributed by atoms with E-state index in [0.29, 0.717) is 17.1 Å². The Kier molecular flexibility index (Phi) is 3.59. The molecule has 3 fully saturated rings. The molecule has 2 atom stereocenters. The van der Waals surface area contributed by atoms with Gasteiger partial charge in [0.25, 0.3) is 0 Å². The molecule has 1 N–H and O–H groups in total. The average molecular weight is 371 g/mol. The maximum Gasteiger partial charge on any atom is 0.341 e. The van der Waals surface area contributed by atoms with Crippen LogP contribution in [0.1, 0.15) is 35.7 Å². The summed E-state index contributed by atoms with van der Waals surface area (Å²) in [6.45, 7) is 2.75. The summed E-state index contributed by atoms with van der Waals surface area (Å²) in [5.41, 5.74) is 0.265. The maximum absolute atomic E-state index is 15.0. The molecule has 1 saturated carbocycles. The number of hydrogen-bond acceptors (Lipinski definition) is 4. The minimum Gasteiger partial charge on any atom is -0.477 e. The van der Waals surface area contributed by atoms with Crippen LogP contribution in [0.15, 0.2) is 23.1 Å². The molecule has 2 aromatic rings. The number of carboxylic acids is 1. The third-order valence-corrected chi connectivity index (χ3v) is 6.17. The van der Waals surface area contributed by atoms with Crippen molar-refractivity contribution in [3.63, 3.8) is 0 Å². The molecule has 7 heteroatoms. The highest BCUT2D eigenvalue weighted by molar-refractivity contribution is 5.93. The van der Waals surface area contributed by atoms with E-state index < -0.39 is 17.2 Å². The molecule has 3 heterocycles. The van der Waals surface area contributed by atoms with Gasteiger partial charge in [-0.05, 0) is 44.4 Å². The van der Waals surface area contributed by atoms with Gasteiger partial charge in [-0.2, -0.15) is 0 Å². The summed E-state index contributed by atoms with van der Waals surface area (Å²) < 4.78 is 16.9. The average Bonchev–Trinajstić information content (AvgIpc) is 3.40. The Balaban J connectivity index is 1.69. The third-order valence-electron chi connectivity index (χ3n) is 6.17. The van der Waals surface area contributed by atoms with Crippen LogP contribution < -0.4 is 10.3 Å². The van der Waals surface area contributed by atoms with Crippen molar-refractivity contribution < 1.29 is 14.3 Å². The first kappa shape index (κ1) is 16.7. The van der Waals surface area contributed by atoms with Crippen LogP contribution >= 0.6 is 0 Å². The molecular formula is C20H22FN3O3. The van der Waals surface area contributed by atoms with E-state index in [9.17, 15) is 14.7 Å². The van der Waals surface area contributed by atoms with Crippen molar-refractivity contribution in [2.75, 3.05) is 31.6 Å². The maximum atomic E-state index is 15.0. The number of aromatic nitrogens is 1. The van der Waals surface area contributed by atoms with Crippen molar-refractivity contribution in [1.82, 2.24) is 9.47 Å². The third kappa shape index (κ3) is 2.64. The van der Waals surface area contributed by atoms with Gasteiger partial charge in [-0.25, -0.2) is 9.18 Å². The van der Waals surface area contributed by atoms with E-state index in [2.05, 4.69) is 16.8 Å². The summed E-state index contributed by atoms with van der Waals surface area (Å²) in [7, 11) is 2.09. The first-order valence-corrected chi connectivity index (χ1v) is 9.49. The quantitative estimate of drug-likeness (QED) is 0.897. The number of aromatic carboxylic acids is 1. The molecule has 5 rings (SSSR count). The topological polar surface area (TPSA) is 65.8 Å². The predicted molar refractivity (Wildman–Crippen MR) is 100 cm³/mol. The van der Waals surface area contributed by atoms with Gasteiger partial charge in [0.15, 0.2) is 0 Å². The molecule has 3 aliphatic rings. The van der Waals surface area contributed by atoms with Crippen LogP contribution in [0.5, 0.6) is 0 Å². The summed E-state index contributed by atoms with van der Waals surface area (Å²) in [4.78, 5) is 28.5. The zero-order chi connectivity index (χ0) is 18.9. The molecule has 27 heavy (non-hydrogen) atoms. The SMILES string of the molecule is CN1CC2CC(C1)N(c1cc3c(cc1F)c(=O)c(C(=O)O)cn3C1CC1)C2. The van der Waals surface area contributed by atoms with E-state index in [1.54, 1.807) is 6.07 Å². The fraction of sp³-hybridized carbons (Fsp3) is 0.500. The first-order valence-electron chi connectivity index (χ1n) is 9.49. The van der Waals surface area contributed by atoms with Gasteiger partial charge >= 0.3 is 5.97 Å². The van der Waals surface area contributed by atoms with Gasteiger partial charge in [0, 0.05) is 43.3 Å². The number of nitrogens with zero attached hydrogens (tertiary/aromatic N) is 3. The number of likely N-dealkylation sites (N-methyl/N-ethyl adjacent to an activating group) is 1. The van der Waals surface area contributed by atoms with E-state index in [1.807, 2.05) is 4.57 Å². The monoisotopic (exact) mass is 371 g/mol. The number of benzene rings is 1. The Labute approximate surface area is 155 Å². The molecule has 2 saturated heterocycles.